The predicted molar refractivity (Wildman–Crippen MR) is 106 cm³/mol. The van der Waals surface area contributed by atoms with Crippen LogP contribution in [0.4, 0.5) is 0 Å². The monoisotopic (exact) mass is 400 g/mol. The van der Waals surface area contributed by atoms with E-state index in [0.717, 1.165) is 25.9 Å². The summed E-state index contributed by atoms with van der Waals surface area (Å²) in [6.45, 7) is 7.61. The van der Waals surface area contributed by atoms with Crippen LogP contribution in [0.15, 0.2) is 0 Å². The van der Waals surface area contributed by atoms with Gasteiger partial charge in [0.25, 0.3) is 0 Å². The molecule has 2 heterocycles. The highest BCUT2D eigenvalue weighted by Gasteiger charge is 2.65. The number of hydrogen-bond donors (Lipinski definition) is 0. The molecule has 0 radical (unpaired) electrons. The molecule has 7 heteroatoms. The second-order valence-electron chi connectivity index (χ2n) is 9.32. The standard InChI is InChI=1S/C19H32N2O3S2/c1-18(2)14-6-7-19(18,17(22)10-14)13-26(23,24)21-11-15(16(12-21)25-3)20-8-4-5-9-20/h14-16H,4-13H2,1-3H3/t14-,15-,16-,19-/m0/s1. The molecule has 0 aromatic heterocycles. The van der Waals surface area contributed by atoms with Crippen molar-refractivity contribution in [3.05, 3.63) is 0 Å². The SMILES string of the molecule is CS[C@H]1CN(S(=O)(=O)C[C@@]23CC[C@@H](CC2=O)C3(C)C)C[C@@H]1N1CCCC1. The lowest BCUT2D eigenvalue weighted by Crippen LogP contribution is -2.46. The van der Waals surface area contributed by atoms with E-state index in [-0.39, 0.29) is 17.0 Å². The number of ketones is 1. The Hall–Kier alpha value is -0.110. The Bertz CT molecular complexity index is 687. The number of Topliss-reactive ketones (excluding diaryl/α,β-unsaturated/α-hetero) is 1. The van der Waals surface area contributed by atoms with E-state index in [0.29, 0.717) is 36.7 Å². The smallest absolute Gasteiger partial charge is 0.215 e. The normalized spacial score (nSPS) is 40.7. The first-order chi connectivity index (χ1) is 12.2. The molecule has 2 saturated carbocycles. The van der Waals surface area contributed by atoms with Crippen LogP contribution >= 0.6 is 11.8 Å². The second-order valence-corrected chi connectivity index (χ2v) is 12.4. The third-order valence-electron chi connectivity index (χ3n) is 8.08. The average molecular weight is 401 g/mol. The van der Waals surface area contributed by atoms with Gasteiger partial charge in [0.05, 0.1) is 5.75 Å². The van der Waals surface area contributed by atoms with E-state index in [1.54, 1.807) is 16.1 Å². The van der Waals surface area contributed by atoms with Gasteiger partial charge in [-0.25, -0.2) is 8.42 Å². The first kappa shape index (κ1) is 19.2. The van der Waals surface area contributed by atoms with E-state index in [1.807, 2.05) is 0 Å². The van der Waals surface area contributed by atoms with Gasteiger partial charge in [0.1, 0.15) is 5.78 Å². The van der Waals surface area contributed by atoms with Crippen LogP contribution in [0, 0.1) is 16.7 Å². The first-order valence-corrected chi connectivity index (χ1v) is 12.9. The quantitative estimate of drug-likeness (QED) is 0.708. The lowest BCUT2D eigenvalue weighted by Gasteiger charge is -2.37. The number of carbonyl (C=O) groups excluding carboxylic acids is 1. The van der Waals surface area contributed by atoms with Crippen molar-refractivity contribution >= 4 is 27.6 Å². The molecule has 4 fully saturated rings. The number of carbonyl (C=O) groups is 1. The number of rotatable bonds is 5. The van der Waals surface area contributed by atoms with Gasteiger partial charge >= 0.3 is 0 Å². The summed E-state index contributed by atoms with van der Waals surface area (Å²) in [4.78, 5) is 15.2. The summed E-state index contributed by atoms with van der Waals surface area (Å²) in [7, 11) is -3.42. The van der Waals surface area contributed by atoms with Crippen molar-refractivity contribution in [1.82, 2.24) is 9.21 Å². The molecule has 0 spiro atoms. The van der Waals surface area contributed by atoms with Crippen molar-refractivity contribution < 1.29 is 13.2 Å². The Kier molecular flexibility index (Phi) is 4.78. The molecule has 2 bridgehead atoms. The number of likely N-dealkylation sites (tertiary alicyclic amines) is 1. The van der Waals surface area contributed by atoms with Crippen LogP contribution in [0.3, 0.4) is 0 Å². The topological polar surface area (TPSA) is 57.7 Å². The highest BCUT2D eigenvalue weighted by molar-refractivity contribution is 7.99. The largest absolute Gasteiger partial charge is 0.299 e. The Morgan fingerprint density at radius 3 is 2.42 bits per heavy atom. The summed E-state index contributed by atoms with van der Waals surface area (Å²) in [6.07, 6.45) is 6.85. The van der Waals surface area contributed by atoms with E-state index < -0.39 is 15.4 Å². The molecular weight excluding hydrogens is 368 g/mol. The zero-order valence-corrected chi connectivity index (χ0v) is 17.9. The summed E-state index contributed by atoms with van der Waals surface area (Å²) in [5, 5.41) is 0.337. The fourth-order valence-electron chi connectivity index (χ4n) is 6.12. The van der Waals surface area contributed by atoms with Gasteiger partial charge in [-0.2, -0.15) is 16.1 Å². The summed E-state index contributed by atoms with van der Waals surface area (Å²) >= 11 is 1.79. The number of sulfonamides is 1. The zero-order chi connectivity index (χ0) is 18.7. The molecule has 0 N–H and O–H groups in total. The maximum Gasteiger partial charge on any atom is 0.215 e. The van der Waals surface area contributed by atoms with Crippen LogP contribution in [-0.4, -0.2) is 72.9 Å². The molecule has 2 saturated heterocycles. The Morgan fingerprint density at radius 1 is 1.19 bits per heavy atom. The van der Waals surface area contributed by atoms with Crippen molar-refractivity contribution in [3.63, 3.8) is 0 Å². The number of hydrogen-bond acceptors (Lipinski definition) is 5. The molecule has 2 aliphatic heterocycles. The molecule has 0 unspecified atom stereocenters. The first-order valence-electron chi connectivity index (χ1n) is 9.99. The Morgan fingerprint density at radius 2 is 1.88 bits per heavy atom. The summed E-state index contributed by atoms with van der Waals surface area (Å²) < 4.78 is 28.5. The van der Waals surface area contributed by atoms with Crippen molar-refractivity contribution in [2.24, 2.45) is 16.7 Å². The van der Waals surface area contributed by atoms with Gasteiger partial charge in [-0.1, -0.05) is 13.8 Å². The lowest BCUT2D eigenvalue weighted by molar-refractivity contribution is -0.128. The van der Waals surface area contributed by atoms with Gasteiger partial charge in [-0.3, -0.25) is 9.69 Å². The molecule has 148 valence electrons. The number of thioether (sulfide) groups is 1. The van der Waals surface area contributed by atoms with Crippen LogP contribution in [0.2, 0.25) is 0 Å². The van der Waals surface area contributed by atoms with E-state index in [2.05, 4.69) is 25.0 Å². The Labute approximate surface area is 162 Å². The fourth-order valence-corrected chi connectivity index (χ4v) is 9.36. The molecule has 0 amide bonds. The molecule has 26 heavy (non-hydrogen) atoms. The fraction of sp³-hybridized carbons (Fsp3) is 0.947. The summed E-state index contributed by atoms with van der Waals surface area (Å²) in [6, 6.07) is 0.323. The molecule has 4 atom stereocenters. The minimum absolute atomic E-state index is 0.0240. The highest BCUT2D eigenvalue weighted by atomic mass is 32.2. The van der Waals surface area contributed by atoms with Gasteiger partial charge in [0.2, 0.25) is 10.0 Å². The van der Waals surface area contributed by atoms with Gasteiger partial charge in [0.15, 0.2) is 0 Å². The van der Waals surface area contributed by atoms with Crippen molar-refractivity contribution in [3.8, 4) is 0 Å². The zero-order valence-electron chi connectivity index (χ0n) is 16.2. The molecule has 4 aliphatic rings. The minimum atomic E-state index is -3.42. The second kappa shape index (κ2) is 6.46. The maximum atomic E-state index is 13.4. The van der Waals surface area contributed by atoms with Crippen molar-refractivity contribution in [2.45, 2.75) is 57.2 Å². The van der Waals surface area contributed by atoms with Crippen LogP contribution in [0.1, 0.15) is 46.0 Å². The van der Waals surface area contributed by atoms with Crippen molar-refractivity contribution in [1.29, 1.82) is 0 Å². The summed E-state index contributed by atoms with van der Waals surface area (Å²) in [5.74, 6) is 0.579. The van der Waals surface area contributed by atoms with Crippen LogP contribution in [-0.2, 0) is 14.8 Å². The Balaban J connectivity index is 1.55. The predicted octanol–water partition coefficient (Wildman–Crippen LogP) is 2.22. The lowest BCUT2D eigenvalue weighted by atomic mass is 9.70. The van der Waals surface area contributed by atoms with Crippen molar-refractivity contribution in [2.75, 3.05) is 38.2 Å². The molecule has 5 nitrogen and oxygen atoms in total. The maximum absolute atomic E-state index is 13.4. The van der Waals surface area contributed by atoms with E-state index in [1.165, 1.54) is 12.8 Å². The summed E-state index contributed by atoms with van der Waals surface area (Å²) in [5.41, 5.74) is -0.846. The van der Waals surface area contributed by atoms with Gasteiger partial charge in [0, 0.05) is 36.2 Å². The van der Waals surface area contributed by atoms with Gasteiger partial charge < -0.3 is 0 Å². The number of nitrogens with zero attached hydrogens (tertiary/aromatic N) is 2. The van der Waals surface area contributed by atoms with Crippen LogP contribution in [0.25, 0.3) is 0 Å². The van der Waals surface area contributed by atoms with Crippen LogP contribution < -0.4 is 0 Å². The van der Waals surface area contributed by atoms with Gasteiger partial charge in [-0.15, -0.1) is 0 Å². The van der Waals surface area contributed by atoms with Gasteiger partial charge in [-0.05, 0) is 56.4 Å². The molecule has 0 aromatic rings. The molecule has 4 rings (SSSR count). The third kappa shape index (κ3) is 2.72. The molecule has 0 aromatic carbocycles. The van der Waals surface area contributed by atoms with E-state index in [9.17, 15) is 13.2 Å². The minimum Gasteiger partial charge on any atom is -0.299 e. The van der Waals surface area contributed by atoms with E-state index >= 15 is 0 Å². The van der Waals surface area contributed by atoms with E-state index in [4.69, 9.17) is 0 Å². The number of fused-ring (bicyclic) bond motifs is 2. The highest BCUT2D eigenvalue weighted by Crippen LogP contribution is 2.64. The van der Waals surface area contributed by atoms with Crippen LogP contribution in [0.5, 0.6) is 0 Å². The molecule has 2 aliphatic carbocycles. The average Bonchev–Trinajstić information content (AvgIpc) is 3.31. The third-order valence-corrected chi connectivity index (χ3v) is 11.1. The molecular formula is C19H32N2O3S2.